The Morgan fingerprint density at radius 2 is 1.86 bits per heavy atom. The number of aromatic nitrogens is 1. The molecule has 29 heavy (non-hydrogen) atoms. The summed E-state index contributed by atoms with van der Waals surface area (Å²) in [5.74, 6) is -0.1000. The molecule has 0 saturated heterocycles. The predicted molar refractivity (Wildman–Crippen MR) is 107 cm³/mol. The predicted octanol–water partition coefficient (Wildman–Crippen LogP) is 4.99. The topological polar surface area (TPSA) is 64.8 Å². The summed E-state index contributed by atoms with van der Waals surface area (Å²) in [6.07, 6.45) is -1.12. The van der Waals surface area contributed by atoms with Gasteiger partial charge in [-0.25, -0.2) is 4.79 Å². The molecule has 1 N–H and O–H groups in total. The van der Waals surface area contributed by atoms with Crippen LogP contribution in [0.25, 0.3) is 5.69 Å². The van der Waals surface area contributed by atoms with Crippen LogP contribution in [0.15, 0.2) is 29.4 Å². The molecule has 1 aromatic heterocycles. The number of rotatable bonds is 3. The Labute approximate surface area is 172 Å². The molecule has 2 aromatic rings. The van der Waals surface area contributed by atoms with Gasteiger partial charge in [-0.1, -0.05) is 20.8 Å². The summed E-state index contributed by atoms with van der Waals surface area (Å²) in [5.41, 5.74) is 0.153. The first-order chi connectivity index (χ1) is 13.2. The maximum atomic E-state index is 13.3. The maximum Gasteiger partial charge on any atom is 0.586 e. The lowest BCUT2D eigenvalue weighted by Crippen LogP contribution is -2.45. The van der Waals surface area contributed by atoms with Gasteiger partial charge in [-0.15, -0.1) is 20.1 Å². The minimum atomic E-state index is -3.68. The summed E-state index contributed by atoms with van der Waals surface area (Å²) >= 11 is 1.32. The summed E-state index contributed by atoms with van der Waals surface area (Å²) < 4.78 is 37.2. The standard InChI is InChI=1S/C20H25F2N3O3S/c1-12-10-25(13-7-8-14-15(9-13)28-20(21,22)27-14)17(29-12)23-16(26)24-19(5,6)11-18(2,3)4/h7-10H,11H2,1-6H3,(H,24,26). The van der Waals surface area contributed by atoms with Crippen LogP contribution in [0.3, 0.4) is 0 Å². The number of amides is 2. The number of halogens is 2. The number of carbonyl (C=O) groups is 1. The fourth-order valence-corrected chi connectivity index (χ4v) is 4.41. The average Bonchev–Trinajstić information content (AvgIpc) is 3.00. The van der Waals surface area contributed by atoms with Gasteiger partial charge in [0.1, 0.15) is 0 Å². The van der Waals surface area contributed by atoms with E-state index in [4.69, 9.17) is 0 Å². The highest BCUT2D eigenvalue weighted by Crippen LogP contribution is 2.41. The zero-order valence-corrected chi connectivity index (χ0v) is 18.1. The highest BCUT2D eigenvalue weighted by molar-refractivity contribution is 7.09. The summed E-state index contributed by atoms with van der Waals surface area (Å²) in [6, 6.07) is 3.99. The van der Waals surface area contributed by atoms with Crippen molar-refractivity contribution in [2.75, 3.05) is 0 Å². The fraction of sp³-hybridized carbons (Fsp3) is 0.500. The second-order valence-electron chi connectivity index (χ2n) is 8.96. The molecule has 6 nitrogen and oxygen atoms in total. The third-order valence-electron chi connectivity index (χ3n) is 4.05. The van der Waals surface area contributed by atoms with Gasteiger partial charge in [0.25, 0.3) is 0 Å². The molecule has 1 aromatic carbocycles. The minimum Gasteiger partial charge on any atom is -0.395 e. The van der Waals surface area contributed by atoms with E-state index in [0.29, 0.717) is 10.5 Å². The van der Waals surface area contributed by atoms with E-state index in [0.717, 1.165) is 11.3 Å². The van der Waals surface area contributed by atoms with E-state index >= 15 is 0 Å². The Hall–Kier alpha value is -2.42. The van der Waals surface area contributed by atoms with Crippen molar-refractivity contribution in [3.63, 3.8) is 0 Å². The number of thiazole rings is 1. The number of aryl methyl sites for hydroxylation is 1. The molecule has 0 bridgehead atoms. The van der Waals surface area contributed by atoms with Crippen molar-refractivity contribution < 1.29 is 23.0 Å². The molecule has 1 aliphatic heterocycles. The summed E-state index contributed by atoms with van der Waals surface area (Å²) in [5, 5.41) is 2.95. The van der Waals surface area contributed by atoms with Gasteiger partial charge in [0.15, 0.2) is 16.3 Å². The highest BCUT2D eigenvalue weighted by atomic mass is 32.1. The van der Waals surface area contributed by atoms with E-state index < -0.39 is 17.9 Å². The molecule has 2 heterocycles. The van der Waals surface area contributed by atoms with Gasteiger partial charge in [-0.2, -0.15) is 4.99 Å². The number of urea groups is 1. The SMILES string of the molecule is Cc1cn(-c2ccc3c(c2)OC(F)(F)O3)c(=NC(=O)NC(C)(C)CC(C)(C)C)s1. The molecule has 0 fully saturated rings. The summed E-state index contributed by atoms with van der Waals surface area (Å²) in [7, 11) is 0. The third kappa shape index (κ3) is 5.35. The second kappa shape index (κ2) is 7.12. The Morgan fingerprint density at radius 1 is 1.21 bits per heavy atom. The van der Waals surface area contributed by atoms with Crippen molar-refractivity contribution in [1.82, 2.24) is 9.88 Å². The van der Waals surface area contributed by atoms with Crippen molar-refractivity contribution in [3.8, 4) is 17.2 Å². The molecule has 158 valence electrons. The van der Waals surface area contributed by atoms with Crippen LogP contribution < -0.4 is 19.6 Å². The number of fused-ring (bicyclic) bond motifs is 1. The van der Waals surface area contributed by atoms with Crippen molar-refractivity contribution in [1.29, 1.82) is 0 Å². The van der Waals surface area contributed by atoms with Crippen molar-refractivity contribution in [2.24, 2.45) is 10.4 Å². The normalized spacial score (nSPS) is 16.2. The first kappa shape index (κ1) is 21.3. The Bertz CT molecular complexity index is 1000. The summed E-state index contributed by atoms with van der Waals surface area (Å²) in [6.45, 7) is 12.1. The molecule has 0 aliphatic carbocycles. The highest BCUT2D eigenvalue weighted by Gasteiger charge is 2.43. The lowest BCUT2D eigenvalue weighted by molar-refractivity contribution is -0.286. The Kier molecular flexibility index (Phi) is 5.23. The maximum absolute atomic E-state index is 13.3. The third-order valence-corrected chi connectivity index (χ3v) is 4.95. The Balaban J connectivity index is 1.89. The van der Waals surface area contributed by atoms with Crippen molar-refractivity contribution in [3.05, 3.63) is 34.1 Å². The van der Waals surface area contributed by atoms with Crippen LogP contribution in [-0.4, -0.2) is 22.4 Å². The first-order valence-electron chi connectivity index (χ1n) is 9.19. The molecular weight excluding hydrogens is 400 g/mol. The number of carbonyl (C=O) groups excluding carboxylic acids is 1. The number of ether oxygens (including phenoxy) is 2. The van der Waals surface area contributed by atoms with Crippen LogP contribution in [0.4, 0.5) is 13.6 Å². The van der Waals surface area contributed by atoms with Crippen LogP contribution in [0.5, 0.6) is 11.5 Å². The van der Waals surface area contributed by atoms with Crippen LogP contribution in [0.2, 0.25) is 0 Å². The van der Waals surface area contributed by atoms with E-state index in [9.17, 15) is 13.6 Å². The van der Waals surface area contributed by atoms with Gasteiger partial charge >= 0.3 is 12.3 Å². The average molecular weight is 426 g/mol. The lowest BCUT2D eigenvalue weighted by atomic mass is 9.82. The molecule has 2 amide bonds. The zero-order valence-electron chi connectivity index (χ0n) is 17.3. The smallest absolute Gasteiger partial charge is 0.395 e. The monoisotopic (exact) mass is 425 g/mol. The molecule has 0 unspecified atom stereocenters. The van der Waals surface area contributed by atoms with Gasteiger partial charge in [-0.3, -0.25) is 4.57 Å². The molecule has 1 aliphatic rings. The number of hydrogen-bond donors (Lipinski definition) is 1. The lowest BCUT2D eigenvalue weighted by Gasteiger charge is -2.32. The van der Waals surface area contributed by atoms with E-state index in [2.05, 4.69) is 40.6 Å². The van der Waals surface area contributed by atoms with Gasteiger partial charge < -0.3 is 14.8 Å². The molecule has 0 radical (unpaired) electrons. The molecule has 0 atom stereocenters. The van der Waals surface area contributed by atoms with Gasteiger partial charge in [0, 0.05) is 22.7 Å². The van der Waals surface area contributed by atoms with Crippen LogP contribution >= 0.6 is 11.3 Å². The summed E-state index contributed by atoms with van der Waals surface area (Å²) in [4.78, 5) is 18.1. The molecule has 0 saturated carbocycles. The molecular formula is C20H25F2N3O3S. The number of hydrogen-bond acceptors (Lipinski definition) is 4. The minimum absolute atomic E-state index is 0.0357. The van der Waals surface area contributed by atoms with Crippen molar-refractivity contribution >= 4 is 17.4 Å². The van der Waals surface area contributed by atoms with Crippen LogP contribution in [-0.2, 0) is 0 Å². The number of nitrogens with zero attached hydrogens (tertiary/aromatic N) is 2. The zero-order chi connectivity index (χ0) is 21.6. The second-order valence-corrected chi connectivity index (χ2v) is 10.2. The van der Waals surface area contributed by atoms with Crippen LogP contribution in [0.1, 0.15) is 45.9 Å². The number of nitrogens with one attached hydrogen (secondary N) is 1. The van der Waals surface area contributed by atoms with Gasteiger partial charge in [0.05, 0.1) is 5.69 Å². The van der Waals surface area contributed by atoms with E-state index in [1.165, 1.54) is 23.5 Å². The molecule has 3 rings (SSSR count). The molecule has 9 heteroatoms. The van der Waals surface area contributed by atoms with E-state index in [1.807, 2.05) is 20.8 Å². The quantitative estimate of drug-likeness (QED) is 0.753. The largest absolute Gasteiger partial charge is 0.586 e. The van der Waals surface area contributed by atoms with E-state index in [1.54, 1.807) is 16.8 Å². The fourth-order valence-electron chi connectivity index (χ4n) is 3.58. The van der Waals surface area contributed by atoms with Gasteiger partial charge in [-0.05, 0) is 44.7 Å². The van der Waals surface area contributed by atoms with E-state index in [-0.39, 0.29) is 16.9 Å². The van der Waals surface area contributed by atoms with Gasteiger partial charge in [0.2, 0.25) is 0 Å². The van der Waals surface area contributed by atoms with Crippen LogP contribution in [0, 0.1) is 12.3 Å². The Morgan fingerprint density at radius 3 is 2.52 bits per heavy atom. The first-order valence-corrected chi connectivity index (χ1v) is 10.0. The number of alkyl halides is 2. The molecule has 0 spiro atoms. The number of benzene rings is 1. The van der Waals surface area contributed by atoms with Crippen molar-refractivity contribution in [2.45, 2.75) is 59.8 Å².